The molecule has 2 atom stereocenters. The Morgan fingerprint density at radius 2 is 1.89 bits per heavy atom. The average molecular weight is 248 g/mol. The molecule has 0 spiro atoms. The second kappa shape index (κ2) is 7.17. The van der Waals surface area contributed by atoms with Crippen molar-refractivity contribution in [3.63, 3.8) is 0 Å². The molecule has 100 valence electrons. The second-order valence-electron chi connectivity index (χ2n) is 4.97. The minimum atomic E-state index is 0.117. The molecule has 3 heteroatoms. The normalized spacial score (nSPS) is 14.0. The Morgan fingerprint density at radius 3 is 2.44 bits per heavy atom. The molecule has 0 fully saturated rings. The summed E-state index contributed by atoms with van der Waals surface area (Å²) in [6, 6.07) is 10.2. The van der Waals surface area contributed by atoms with Crippen LogP contribution in [0.3, 0.4) is 0 Å². The summed E-state index contributed by atoms with van der Waals surface area (Å²) >= 11 is 0. The summed E-state index contributed by atoms with van der Waals surface area (Å²) in [7, 11) is 1.87. The molecule has 2 unspecified atom stereocenters. The average Bonchev–Trinajstić information content (AvgIpc) is 2.43. The Bertz CT molecular complexity index is 364. The van der Waals surface area contributed by atoms with Crippen LogP contribution in [-0.2, 0) is 4.79 Å². The molecule has 0 heterocycles. The Balaban J connectivity index is 2.53. The maximum Gasteiger partial charge on any atom is 0.222 e. The van der Waals surface area contributed by atoms with E-state index >= 15 is 0 Å². The van der Waals surface area contributed by atoms with Gasteiger partial charge in [0, 0.05) is 13.5 Å². The molecule has 0 aliphatic carbocycles. The molecule has 1 amide bonds. The SMILES string of the molecule is CC(CN)CCC(=O)N(C)C(C)c1ccccc1. The van der Waals surface area contributed by atoms with E-state index in [4.69, 9.17) is 5.73 Å². The highest BCUT2D eigenvalue weighted by Gasteiger charge is 2.17. The Morgan fingerprint density at radius 1 is 1.28 bits per heavy atom. The third kappa shape index (κ3) is 4.15. The fraction of sp³-hybridized carbons (Fsp3) is 0.533. The number of nitrogens with zero attached hydrogens (tertiary/aromatic N) is 1. The van der Waals surface area contributed by atoms with Gasteiger partial charge in [-0.05, 0) is 31.4 Å². The van der Waals surface area contributed by atoms with Crippen LogP contribution in [0.25, 0.3) is 0 Å². The minimum absolute atomic E-state index is 0.117. The lowest BCUT2D eigenvalue weighted by Gasteiger charge is -2.26. The molecule has 0 bridgehead atoms. The smallest absolute Gasteiger partial charge is 0.222 e. The number of carbonyl (C=O) groups excluding carboxylic acids is 1. The fourth-order valence-corrected chi connectivity index (χ4v) is 1.84. The highest BCUT2D eigenvalue weighted by atomic mass is 16.2. The lowest BCUT2D eigenvalue weighted by molar-refractivity contribution is -0.132. The van der Waals surface area contributed by atoms with E-state index in [0.717, 1.165) is 6.42 Å². The van der Waals surface area contributed by atoms with Crippen LogP contribution in [-0.4, -0.2) is 24.4 Å². The van der Waals surface area contributed by atoms with E-state index < -0.39 is 0 Å². The maximum atomic E-state index is 12.1. The minimum Gasteiger partial charge on any atom is -0.339 e. The number of nitrogens with two attached hydrogens (primary N) is 1. The van der Waals surface area contributed by atoms with Gasteiger partial charge < -0.3 is 10.6 Å². The summed E-state index contributed by atoms with van der Waals surface area (Å²) in [6.45, 7) is 4.78. The van der Waals surface area contributed by atoms with Crippen LogP contribution >= 0.6 is 0 Å². The summed E-state index contributed by atoms with van der Waals surface area (Å²) in [5.41, 5.74) is 6.73. The van der Waals surface area contributed by atoms with Gasteiger partial charge in [0.25, 0.3) is 0 Å². The van der Waals surface area contributed by atoms with E-state index in [0.29, 0.717) is 18.9 Å². The molecule has 2 N–H and O–H groups in total. The molecule has 1 aromatic rings. The number of amides is 1. The van der Waals surface area contributed by atoms with Crippen molar-refractivity contribution in [1.82, 2.24) is 4.90 Å². The highest BCUT2D eigenvalue weighted by Crippen LogP contribution is 2.19. The van der Waals surface area contributed by atoms with Gasteiger partial charge in [-0.15, -0.1) is 0 Å². The van der Waals surface area contributed by atoms with Gasteiger partial charge in [0.1, 0.15) is 0 Å². The molecule has 0 radical (unpaired) electrons. The van der Waals surface area contributed by atoms with Gasteiger partial charge in [0.05, 0.1) is 6.04 Å². The number of hydrogen-bond acceptors (Lipinski definition) is 2. The number of rotatable bonds is 6. The van der Waals surface area contributed by atoms with Crippen molar-refractivity contribution < 1.29 is 4.79 Å². The van der Waals surface area contributed by atoms with Crippen molar-refractivity contribution in [1.29, 1.82) is 0 Å². The summed E-state index contributed by atoms with van der Waals surface area (Å²) in [4.78, 5) is 13.9. The van der Waals surface area contributed by atoms with Crippen LogP contribution in [0.5, 0.6) is 0 Å². The third-order valence-corrected chi connectivity index (χ3v) is 3.51. The van der Waals surface area contributed by atoms with Crippen LogP contribution in [0.2, 0.25) is 0 Å². The molecule has 0 saturated carbocycles. The topological polar surface area (TPSA) is 46.3 Å². The zero-order valence-electron chi connectivity index (χ0n) is 11.6. The van der Waals surface area contributed by atoms with Crippen LogP contribution in [0.1, 0.15) is 38.3 Å². The molecule has 18 heavy (non-hydrogen) atoms. The molecule has 0 aromatic heterocycles. The van der Waals surface area contributed by atoms with Crippen molar-refractivity contribution in [3.8, 4) is 0 Å². The lowest BCUT2D eigenvalue weighted by atomic mass is 10.0. The Hall–Kier alpha value is -1.35. The predicted molar refractivity (Wildman–Crippen MR) is 75.1 cm³/mol. The van der Waals surface area contributed by atoms with E-state index in [1.165, 1.54) is 5.56 Å². The van der Waals surface area contributed by atoms with Crippen LogP contribution < -0.4 is 5.73 Å². The molecular formula is C15H24N2O. The molecule has 0 saturated heterocycles. The first-order valence-corrected chi connectivity index (χ1v) is 6.57. The fourth-order valence-electron chi connectivity index (χ4n) is 1.84. The first-order valence-electron chi connectivity index (χ1n) is 6.57. The van der Waals surface area contributed by atoms with Gasteiger partial charge >= 0.3 is 0 Å². The Kier molecular flexibility index (Phi) is 5.86. The highest BCUT2D eigenvalue weighted by molar-refractivity contribution is 5.76. The summed E-state index contributed by atoms with van der Waals surface area (Å²) < 4.78 is 0. The van der Waals surface area contributed by atoms with Crippen molar-refractivity contribution >= 4 is 5.91 Å². The summed E-state index contributed by atoms with van der Waals surface area (Å²) in [5.74, 6) is 0.598. The summed E-state index contributed by atoms with van der Waals surface area (Å²) in [6.07, 6.45) is 1.44. The standard InChI is InChI=1S/C15H24N2O/c1-12(11-16)9-10-15(18)17(3)13(2)14-7-5-4-6-8-14/h4-8,12-13H,9-11,16H2,1-3H3. The molecule has 1 rings (SSSR count). The van der Waals surface area contributed by atoms with Crippen LogP contribution in [0.4, 0.5) is 0 Å². The van der Waals surface area contributed by atoms with Gasteiger partial charge in [0.15, 0.2) is 0 Å². The van der Waals surface area contributed by atoms with Crippen molar-refractivity contribution in [2.24, 2.45) is 11.7 Å². The first kappa shape index (κ1) is 14.7. The van der Waals surface area contributed by atoms with Crippen molar-refractivity contribution in [3.05, 3.63) is 35.9 Å². The summed E-state index contributed by atoms with van der Waals surface area (Å²) in [5, 5.41) is 0. The molecule has 0 aliphatic heterocycles. The number of carbonyl (C=O) groups is 1. The zero-order chi connectivity index (χ0) is 13.5. The van der Waals surface area contributed by atoms with Gasteiger partial charge in [-0.2, -0.15) is 0 Å². The quantitative estimate of drug-likeness (QED) is 0.841. The van der Waals surface area contributed by atoms with E-state index in [9.17, 15) is 4.79 Å². The zero-order valence-corrected chi connectivity index (χ0v) is 11.6. The van der Waals surface area contributed by atoms with E-state index in [1.54, 1.807) is 0 Å². The second-order valence-corrected chi connectivity index (χ2v) is 4.97. The molecule has 0 aliphatic rings. The van der Waals surface area contributed by atoms with Gasteiger partial charge in [-0.25, -0.2) is 0 Å². The molecular weight excluding hydrogens is 224 g/mol. The van der Waals surface area contributed by atoms with Gasteiger partial charge in [0.2, 0.25) is 5.91 Å². The van der Waals surface area contributed by atoms with Crippen molar-refractivity contribution in [2.45, 2.75) is 32.7 Å². The Labute approximate surface area is 110 Å². The van der Waals surface area contributed by atoms with Crippen molar-refractivity contribution in [2.75, 3.05) is 13.6 Å². The monoisotopic (exact) mass is 248 g/mol. The first-order chi connectivity index (χ1) is 8.56. The van der Waals surface area contributed by atoms with Gasteiger partial charge in [-0.1, -0.05) is 37.3 Å². The third-order valence-electron chi connectivity index (χ3n) is 3.51. The van der Waals surface area contributed by atoms with Gasteiger partial charge in [-0.3, -0.25) is 4.79 Å². The van der Waals surface area contributed by atoms with E-state index in [1.807, 2.05) is 30.1 Å². The van der Waals surface area contributed by atoms with Crippen LogP contribution in [0, 0.1) is 5.92 Å². The van der Waals surface area contributed by atoms with Crippen LogP contribution in [0.15, 0.2) is 30.3 Å². The van der Waals surface area contributed by atoms with E-state index in [-0.39, 0.29) is 11.9 Å². The largest absolute Gasteiger partial charge is 0.339 e. The lowest BCUT2D eigenvalue weighted by Crippen LogP contribution is -2.30. The maximum absolute atomic E-state index is 12.1. The number of hydrogen-bond donors (Lipinski definition) is 1. The number of benzene rings is 1. The predicted octanol–water partition coefficient (Wildman–Crippen LogP) is 2.58. The molecule has 1 aromatic carbocycles. The van der Waals surface area contributed by atoms with E-state index in [2.05, 4.69) is 26.0 Å². The molecule has 3 nitrogen and oxygen atoms in total.